The van der Waals surface area contributed by atoms with Gasteiger partial charge in [-0.15, -0.1) is 0 Å². The molecule has 0 N–H and O–H groups in total. The Hall–Kier alpha value is -2.52. The molecule has 2 aromatic rings. The van der Waals surface area contributed by atoms with E-state index in [0.29, 0.717) is 17.5 Å². The molecular weight excluding hydrogens is 436 g/mol. The molecule has 0 aromatic heterocycles. The first kappa shape index (κ1) is 21.7. The third kappa shape index (κ3) is 4.88. The molecule has 2 aliphatic heterocycles. The average Bonchev–Trinajstić information content (AvgIpc) is 3.20. The number of hydrogen-bond acceptors (Lipinski definition) is 6. The van der Waals surface area contributed by atoms with Crippen LogP contribution >= 0.6 is 11.8 Å². The molecule has 0 radical (unpaired) electrons. The predicted octanol–water partition coefficient (Wildman–Crippen LogP) is 2.54. The molecule has 7 nitrogen and oxygen atoms in total. The number of sulfone groups is 1. The van der Waals surface area contributed by atoms with Crippen LogP contribution in [0.4, 0.5) is 0 Å². The molecule has 2 saturated heterocycles. The number of ether oxygens (including phenoxy) is 2. The molecule has 0 unspecified atom stereocenters. The van der Waals surface area contributed by atoms with E-state index in [1.807, 2.05) is 53.4 Å². The second-order valence-electron chi connectivity index (χ2n) is 7.55. The molecule has 2 aromatic carbocycles. The molecule has 31 heavy (non-hydrogen) atoms. The number of para-hydroxylation sites is 1. The van der Waals surface area contributed by atoms with Crippen molar-refractivity contribution in [3.8, 4) is 11.5 Å². The van der Waals surface area contributed by atoms with Crippen molar-refractivity contribution in [2.24, 2.45) is 4.99 Å². The van der Waals surface area contributed by atoms with Crippen LogP contribution in [0.1, 0.15) is 11.1 Å². The van der Waals surface area contributed by atoms with E-state index in [1.165, 1.54) is 11.8 Å². The fourth-order valence-electron chi connectivity index (χ4n) is 3.91. The number of carbonyl (C=O) groups is 1. The molecule has 0 saturated carbocycles. The van der Waals surface area contributed by atoms with Crippen molar-refractivity contribution in [3.63, 3.8) is 0 Å². The highest BCUT2D eigenvalue weighted by molar-refractivity contribution is 8.15. The second kappa shape index (κ2) is 8.92. The summed E-state index contributed by atoms with van der Waals surface area (Å²) in [6, 6.07) is 14.8. The smallest absolute Gasteiger partial charge is 0.252 e. The van der Waals surface area contributed by atoms with Gasteiger partial charge in [-0.25, -0.2) is 8.42 Å². The fourth-order valence-corrected chi connectivity index (χ4v) is 7.87. The lowest BCUT2D eigenvalue weighted by molar-refractivity contribution is -0.117. The van der Waals surface area contributed by atoms with Gasteiger partial charge in [-0.2, -0.15) is 4.99 Å². The Morgan fingerprint density at radius 2 is 1.84 bits per heavy atom. The van der Waals surface area contributed by atoms with Crippen LogP contribution in [0.5, 0.6) is 11.5 Å². The van der Waals surface area contributed by atoms with Crippen molar-refractivity contribution < 1.29 is 22.7 Å². The fraction of sp³-hybridized carbons (Fsp3) is 0.364. The number of fused-ring (bicyclic) bond motifs is 1. The molecule has 2 atom stereocenters. The van der Waals surface area contributed by atoms with Crippen molar-refractivity contribution in [1.82, 2.24) is 4.90 Å². The van der Waals surface area contributed by atoms with E-state index >= 15 is 0 Å². The highest BCUT2D eigenvalue weighted by Gasteiger charge is 2.48. The summed E-state index contributed by atoms with van der Waals surface area (Å²) in [5.74, 6) is 1.31. The van der Waals surface area contributed by atoms with E-state index in [4.69, 9.17) is 9.47 Å². The standard InChI is InChI=1S/C22H24N2O5S2/c1-28-17-9-7-15(8-10-17)12-24-18-13-31(26,27)14-20(18)30-22(24)23-21(25)11-16-5-3-4-6-19(16)29-2/h3-10,18,20H,11-14H2,1-2H3/t18-,20-/m0/s1. The van der Waals surface area contributed by atoms with Gasteiger partial charge in [0.05, 0.1) is 38.2 Å². The summed E-state index contributed by atoms with van der Waals surface area (Å²) < 4.78 is 34.9. The number of thioether (sulfide) groups is 1. The number of nitrogens with zero attached hydrogens (tertiary/aromatic N) is 2. The van der Waals surface area contributed by atoms with E-state index in [9.17, 15) is 13.2 Å². The van der Waals surface area contributed by atoms with E-state index in [0.717, 1.165) is 16.9 Å². The van der Waals surface area contributed by atoms with Gasteiger partial charge in [0.15, 0.2) is 15.0 Å². The van der Waals surface area contributed by atoms with Gasteiger partial charge < -0.3 is 14.4 Å². The Morgan fingerprint density at radius 1 is 1.10 bits per heavy atom. The third-order valence-corrected chi connectivity index (χ3v) is 8.69. The van der Waals surface area contributed by atoms with Crippen LogP contribution in [0.2, 0.25) is 0 Å². The topological polar surface area (TPSA) is 85.3 Å². The lowest BCUT2D eigenvalue weighted by atomic mass is 10.1. The van der Waals surface area contributed by atoms with E-state index in [1.54, 1.807) is 14.2 Å². The summed E-state index contributed by atoms with van der Waals surface area (Å²) in [6.07, 6.45) is 0.123. The van der Waals surface area contributed by atoms with E-state index in [2.05, 4.69) is 4.99 Å². The molecular formula is C22H24N2O5S2. The lowest BCUT2D eigenvalue weighted by Crippen LogP contribution is -2.37. The van der Waals surface area contributed by atoms with Crippen LogP contribution in [0.3, 0.4) is 0 Å². The largest absolute Gasteiger partial charge is 0.497 e. The number of amidine groups is 1. The molecule has 0 bridgehead atoms. The van der Waals surface area contributed by atoms with Gasteiger partial charge in [0, 0.05) is 17.4 Å². The molecule has 0 aliphatic carbocycles. The number of benzene rings is 2. The summed E-state index contributed by atoms with van der Waals surface area (Å²) in [6.45, 7) is 0.481. The zero-order valence-corrected chi connectivity index (χ0v) is 19.0. The number of hydrogen-bond donors (Lipinski definition) is 0. The number of methoxy groups -OCH3 is 2. The second-order valence-corrected chi connectivity index (χ2v) is 10.9. The minimum Gasteiger partial charge on any atom is -0.497 e. The van der Waals surface area contributed by atoms with Crippen molar-refractivity contribution in [2.75, 3.05) is 25.7 Å². The summed E-state index contributed by atoms with van der Waals surface area (Å²) in [4.78, 5) is 19.1. The SMILES string of the molecule is COc1ccc(CN2C(=NC(=O)Cc3ccccc3OC)S[C@H]3CS(=O)(=O)C[C@@H]32)cc1. The zero-order valence-electron chi connectivity index (χ0n) is 17.4. The summed E-state index contributed by atoms with van der Waals surface area (Å²) in [7, 11) is 0.0892. The first-order chi connectivity index (χ1) is 14.9. The molecule has 2 fully saturated rings. The Kier molecular flexibility index (Phi) is 6.24. The van der Waals surface area contributed by atoms with Gasteiger partial charge in [0.25, 0.3) is 5.91 Å². The number of rotatable bonds is 6. The Bertz CT molecular complexity index is 1100. The van der Waals surface area contributed by atoms with Gasteiger partial charge in [-0.1, -0.05) is 42.1 Å². The van der Waals surface area contributed by atoms with Gasteiger partial charge in [0.2, 0.25) is 0 Å². The monoisotopic (exact) mass is 460 g/mol. The third-order valence-electron chi connectivity index (χ3n) is 5.44. The van der Waals surface area contributed by atoms with Crippen LogP contribution in [-0.2, 0) is 27.6 Å². The number of amides is 1. The minimum absolute atomic E-state index is 0.0839. The number of aliphatic imine (C=N–C) groups is 1. The number of carbonyl (C=O) groups excluding carboxylic acids is 1. The molecule has 164 valence electrons. The highest BCUT2D eigenvalue weighted by atomic mass is 32.2. The van der Waals surface area contributed by atoms with Gasteiger partial charge in [-0.3, -0.25) is 4.79 Å². The van der Waals surface area contributed by atoms with Crippen molar-refractivity contribution >= 4 is 32.7 Å². The van der Waals surface area contributed by atoms with E-state index in [-0.39, 0.29) is 35.1 Å². The van der Waals surface area contributed by atoms with Gasteiger partial charge >= 0.3 is 0 Å². The van der Waals surface area contributed by atoms with Crippen molar-refractivity contribution in [3.05, 3.63) is 59.7 Å². The zero-order chi connectivity index (χ0) is 22.0. The van der Waals surface area contributed by atoms with Gasteiger partial charge in [-0.05, 0) is 23.8 Å². The van der Waals surface area contributed by atoms with Crippen molar-refractivity contribution in [2.45, 2.75) is 24.3 Å². The maximum absolute atomic E-state index is 12.7. The minimum atomic E-state index is -3.09. The maximum atomic E-state index is 12.7. The summed E-state index contributed by atoms with van der Waals surface area (Å²) >= 11 is 1.39. The summed E-state index contributed by atoms with van der Waals surface area (Å²) in [5.41, 5.74) is 1.77. The average molecular weight is 461 g/mol. The molecule has 0 spiro atoms. The first-order valence-electron chi connectivity index (χ1n) is 9.88. The maximum Gasteiger partial charge on any atom is 0.252 e. The van der Waals surface area contributed by atoms with Crippen LogP contribution in [0, 0.1) is 0 Å². The van der Waals surface area contributed by atoms with Gasteiger partial charge in [0.1, 0.15) is 11.5 Å². The molecule has 2 heterocycles. The predicted molar refractivity (Wildman–Crippen MR) is 121 cm³/mol. The molecule has 2 aliphatic rings. The quantitative estimate of drug-likeness (QED) is 0.655. The summed E-state index contributed by atoms with van der Waals surface area (Å²) in [5, 5.41) is 0.474. The van der Waals surface area contributed by atoms with Crippen LogP contribution < -0.4 is 9.47 Å². The van der Waals surface area contributed by atoms with E-state index < -0.39 is 9.84 Å². The first-order valence-corrected chi connectivity index (χ1v) is 12.6. The Morgan fingerprint density at radius 3 is 2.55 bits per heavy atom. The highest BCUT2D eigenvalue weighted by Crippen LogP contribution is 2.39. The van der Waals surface area contributed by atoms with Crippen molar-refractivity contribution in [1.29, 1.82) is 0 Å². The molecule has 4 rings (SSSR count). The molecule has 9 heteroatoms. The normalized spacial score (nSPS) is 23.0. The lowest BCUT2D eigenvalue weighted by Gasteiger charge is -2.24. The Labute approximate surface area is 186 Å². The Balaban J connectivity index is 1.57. The van der Waals surface area contributed by atoms with Crippen LogP contribution in [-0.4, -0.2) is 61.4 Å². The van der Waals surface area contributed by atoms with Crippen LogP contribution in [0.15, 0.2) is 53.5 Å². The molecule has 1 amide bonds. The van der Waals surface area contributed by atoms with Crippen LogP contribution in [0.25, 0.3) is 0 Å².